The van der Waals surface area contributed by atoms with E-state index in [0.29, 0.717) is 0 Å². The lowest BCUT2D eigenvalue weighted by Gasteiger charge is -2.18. The average molecular weight is 210 g/mol. The van der Waals surface area contributed by atoms with Gasteiger partial charge in [0.2, 0.25) is 0 Å². The molecular weight excluding hydrogens is 184 g/mol. The van der Waals surface area contributed by atoms with Gasteiger partial charge in [0.1, 0.15) is 0 Å². The van der Waals surface area contributed by atoms with Crippen LogP contribution in [0.2, 0.25) is 0 Å². The zero-order valence-corrected chi connectivity index (χ0v) is 10.1. The molecule has 15 heavy (non-hydrogen) atoms. The summed E-state index contributed by atoms with van der Waals surface area (Å²) in [7, 11) is 0. The van der Waals surface area contributed by atoms with E-state index in [1.807, 2.05) is 0 Å². The van der Waals surface area contributed by atoms with Crippen LogP contribution in [0.5, 0.6) is 0 Å². The predicted molar refractivity (Wildman–Crippen MR) is 65.0 cm³/mol. The maximum atomic E-state index is 3.78. The number of nitrogens with one attached hydrogen (secondary N) is 2. The molecule has 0 amide bonds. The van der Waals surface area contributed by atoms with Crippen molar-refractivity contribution in [1.82, 2.24) is 10.6 Å². The first kappa shape index (κ1) is 11.4. The molecule has 1 aliphatic heterocycles. The number of rotatable bonds is 3. The van der Waals surface area contributed by atoms with E-state index >= 15 is 0 Å². The molecule has 0 bridgehead atoms. The van der Waals surface area contributed by atoms with Crippen molar-refractivity contribution in [3.05, 3.63) is 0 Å². The van der Waals surface area contributed by atoms with E-state index in [-0.39, 0.29) is 0 Å². The lowest BCUT2D eigenvalue weighted by atomic mass is 10.0. The van der Waals surface area contributed by atoms with Gasteiger partial charge in [-0.3, -0.25) is 0 Å². The highest BCUT2D eigenvalue weighted by Crippen LogP contribution is 2.22. The van der Waals surface area contributed by atoms with Gasteiger partial charge in [0.25, 0.3) is 0 Å². The van der Waals surface area contributed by atoms with Gasteiger partial charge in [0.15, 0.2) is 0 Å². The Morgan fingerprint density at radius 1 is 1.13 bits per heavy atom. The van der Waals surface area contributed by atoms with E-state index < -0.39 is 0 Å². The fourth-order valence-corrected chi connectivity index (χ4v) is 2.91. The van der Waals surface area contributed by atoms with Gasteiger partial charge >= 0.3 is 0 Å². The smallest absolute Gasteiger partial charge is 0.00672 e. The lowest BCUT2D eigenvalue weighted by molar-refractivity contribution is 0.407. The molecular formula is C13H26N2. The normalized spacial score (nSPS) is 37.8. The Labute approximate surface area is 94.2 Å². The van der Waals surface area contributed by atoms with Gasteiger partial charge in [-0.25, -0.2) is 0 Å². The summed E-state index contributed by atoms with van der Waals surface area (Å²) in [5.41, 5.74) is 0. The van der Waals surface area contributed by atoms with Gasteiger partial charge in [0, 0.05) is 6.04 Å². The van der Waals surface area contributed by atoms with Crippen molar-refractivity contribution in [3.63, 3.8) is 0 Å². The van der Waals surface area contributed by atoms with Crippen molar-refractivity contribution in [2.45, 2.75) is 51.5 Å². The second-order valence-electron chi connectivity index (χ2n) is 5.58. The molecule has 2 fully saturated rings. The zero-order chi connectivity index (χ0) is 10.5. The molecule has 0 radical (unpaired) electrons. The monoisotopic (exact) mass is 210 g/mol. The van der Waals surface area contributed by atoms with Gasteiger partial charge in [0.05, 0.1) is 0 Å². The fourth-order valence-electron chi connectivity index (χ4n) is 2.91. The summed E-state index contributed by atoms with van der Waals surface area (Å²) in [5.74, 6) is 1.86. The average Bonchev–Trinajstić information content (AvgIpc) is 2.66. The van der Waals surface area contributed by atoms with Crippen LogP contribution >= 0.6 is 0 Å². The minimum Gasteiger partial charge on any atom is -0.316 e. The largest absolute Gasteiger partial charge is 0.316 e. The van der Waals surface area contributed by atoms with E-state index in [9.17, 15) is 0 Å². The molecule has 3 atom stereocenters. The zero-order valence-electron chi connectivity index (χ0n) is 10.1. The van der Waals surface area contributed by atoms with Crippen LogP contribution in [0.15, 0.2) is 0 Å². The van der Waals surface area contributed by atoms with E-state index in [0.717, 1.165) is 17.9 Å². The summed E-state index contributed by atoms with van der Waals surface area (Å²) in [5, 5.41) is 7.22. The Balaban J connectivity index is 1.64. The maximum Gasteiger partial charge on any atom is 0.00672 e. The van der Waals surface area contributed by atoms with E-state index in [2.05, 4.69) is 17.6 Å². The summed E-state index contributed by atoms with van der Waals surface area (Å²) >= 11 is 0. The van der Waals surface area contributed by atoms with Crippen molar-refractivity contribution in [2.24, 2.45) is 11.8 Å². The van der Waals surface area contributed by atoms with E-state index in [1.54, 1.807) is 0 Å². The fraction of sp³-hybridized carbons (Fsp3) is 1.00. The first-order valence-electron chi connectivity index (χ1n) is 6.78. The molecule has 1 saturated heterocycles. The highest BCUT2D eigenvalue weighted by molar-refractivity contribution is 4.78. The molecule has 2 heteroatoms. The van der Waals surface area contributed by atoms with Crippen molar-refractivity contribution in [1.29, 1.82) is 0 Å². The number of hydrogen-bond donors (Lipinski definition) is 2. The van der Waals surface area contributed by atoms with Crippen LogP contribution in [0.4, 0.5) is 0 Å². The SMILES string of the molecule is CC1CCCC(NCC2CCNC2)CC1. The first-order chi connectivity index (χ1) is 7.34. The van der Waals surface area contributed by atoms with Crippen molar-refractivity contribution in [3.8, 4) is 0 Å². The third kappa shape index (κ3) is 3.76. The highest BCUT2D eigenvalue weighted by atomic mass is 15.0. The van der Waals surface area contributed by atoms with Crippen LogP contribution in [-0.2, 0) is 0 Å². The molecule has 2 aliphatic rings. The first-order valence-corrected chi connectivity index (χ1v) is 6.78. The Morgan fingerprint density at radius 2 is 2.07 bits per heavy atom. The second-order valence-corrected chi connectivity index (χ2v) is 5.58. The topological polar surface area (TPSA) is 24.1 Å². The quantitative estimate of drug-likeness (QED) is 0.698. The van der Waals surface area contributed by atoms with Gasteiger partial charge < -0.3 is 10.6 Å². The van der Waals surface area contributed by atoms with Crippen LogP contribution in [-0.4, -0.2) is 25.7 Å². The molecule has 88 valence electrons. The minimum absolute atomic E-state index is 0.815. The predicted octanol–water partition coefficient (Wildman–Crippen LogP) is 2.15. The Hall–Kier alpha value is -0.0800. The molecule has 2 nitrogen and oxygen atoms in total. The molecule has 0 aromatic heterocycles. The molecule has 1 saturated carbocycles. The maximum absolute atomic E-state index is 3.78. The van der Waals surface area contributed by atoms with E-state index in [1.165, 1.54) is 58.2 Å². The van der Waals surface area contributed by atoms with Crippen LogP contribution in [0, 0.1) is 11.8 Å². The summed E-state index contributed by atoms with van der Waals surface area (Å²) in [6.45, 7) is 6.11. The molecule has 0 aromatic carbocycles. The molecule has 1 heterocycles. The molecule has 0 aromatic rings. The van der Waals surface area contributed by atoms with Crippen LogP contribution in [0.1, 0.15) is 45.4 Å². The number of hydrogen-bond acceptors (Lipinski definition) is 2. The standard InChI is InChI=1S/C13H26N2/c1-11-3-2-4-13(6-5-11)15-10-12-7-8-14-9-12/h11-15H,2-10H2,1H3. The van der Waals surface area contributed by atoms with Crippen molar-refractivity contribution in [2.75, 3.05) is 19.6 Å². The van der Waals surface area contributed by atoms with Crippen molar-refractivity contribution < 1.29 is 0 Å². The lowest BCUT2D eigenvalue weighted by Crippen LogP contribution is -2.33. The van der Waals surface area contributed by atoms with Crippen LogP contribution < -0.4 is 10.6 Å². The van der Waals surface area contributed by atoms with Crippen LogP contribution in [0.3, 0.4) is 0 Å². The van der Waals surface area contributed by atoms with Gasteiger partial charge in [-0.05, 0) is 57.2 Å². The van der Waals surface area contributed by atoms with Gasteiger partial charge in [-0.2, -0.15) is 0 Å². The van der Waals surface area contributed by atoms with Gasteiger partial charge in [-0.15, -0.1) is 0 Å². The van der Waals surface area contributed by atoms with Crippen LogP contribution in [0.25, 0.3) is 0 Å². The van der Waals surface area contributed by atoms with Gasteiger partial charge in [-0.1, -0.05) is 19.8 Å². The minimum atomic E-state index is 0.815. The summed E-state index contributed by atoms with van der Waals surface area (Å²) in [4.78, 5) is 0. The molecule has 2 N–H and O–H groups in total. The molecule has 2 rings (SSSR count). The Bertz CT molecular complexity index is 175. The third-order valence-corrected chi connectivity index (χ3v) is 4.12. The third-order valence-electron chi connectivity index (χ3n) is 4.12. The van der Waals surface area contributed by atoms with Crippen molar-refractivity contribution >= 4 is 0 Å². The summed E-state index contributed by atoms with van der Waals surface area (Å²) < 4.78 is 0. The molecule has 3 unspecified atom stereocenters. The Morgan fingerprint density at radius 3 is 2.87 bits per heavy atom. The highest BCUT2D eigenvalue weighted by Gasteiger charge is 2.18. The van der Waals surface area contributed by atoms with E-state index in [4.69, 9.17) is 0 Å². The Kier molecular flexibility index (Phi) is 4.45. The molecule has 1 aliphatic carbocycles. The molecule has 0 spiro atoms. The summed E-state index contributed by atoms with van der Waals surface area (Å²) in [6, 6.07) is 0.815. The second kappa shape index (κ2) is 5.86. The summed E-state index contributed by atoms with van der Waals surface area (Å²) in [6.07, 6.45) is 8.49.